The first-order chi connectivity index (χ1) is 6.33. The van der Waals surface area contributed by atoms with Crippen LogP contribution in [-0.4, -0.2) is 19.1 Å². The lowest BCUT2D eigenvalue weighted by Gasteiger charge is -2.12. The monoisotopic (exact) mass is 198 g/mol. The molecule has 1 heterocycles. The van der Waals surface area contributed by atoms with E-state index in [2.05, 4.69) is 29.1 Å². The van der Waals surface area contributed by atoms with Gasteiger partial charge in [-0.05, 0) is 55.2 Å². The minimum absolute atomic E-state index is 0.557. The van der Waals surface area contributed by atoms with E-state index in [1.165, 1.54) is 5.56 Å². The fraction of sp³-hybridized carbons (Fsp3) is 0.600. The highest BCUT2D eigenvalue weighted by Gasteiger charge is 2.01. The molecule has 1 rings (SSSR count). The summed E-state index contributed by atoms with van der Waals surface area (Å²) in [6.45, 7) is 4.02. The summed E-state index contributed by atoms with van der Waals surface area (Å²) < 4.78 is 0. The Morgan fingerprint density at radius 1 is 1.62 bits per heavy atom. The topological polar surface area (TPSA) is 38.0 Å². The zero-order valence-corrected chi connectivity index (χ0v) is 8.94. The Kier molecular flexibility index (Phi) is 5.05. The van der Waals surface area contributed by atoms with Gasteiger partial charge in [-0.2, -0.15) is 11.3 Å². The lowest BCUT2D eigenvalue weighted by Crippen LogP contribution is -2.29. The molecular formula is C10H18N2S. The van der Waals surface area contributed by atoms with E-state index >= 15 is 0 Å². The van der Waals surface area contributed by atoms with Crippen LogP contribution in [-0.2, 0) is 6.42 Å². The van der Waals surface area contributed by atoms with E-state index in [1.54, 1.807) is 11.3 Å². The van der Waals surface area contributed by atoms with Gasteiger partial charge in [0.2, 0.25) is 0 Å². The molecule has 1 atom stereocenters. The molecule has 0 spiro atoms. The summed E-state index contributed by atoms with van der Waals surface area (Å²) in [5, 5.41) is 7.78. The van der Waals surface area contributed by atoms with E-state index in [-0.39, 0.29) is 0 Å². The number of nitrogens with two attached hydrogens (primary N) is 1. The van der Waals surface area contributed by atoms with Gasteiger partial charge < -0.3 is 11.1 Å². The van der Waals surface area contributed by atoms with Crippen LogP contribution in [0.15, 0.2) is 16.8 Å². The van der Waals surface area contributed by atoms with Gasteiger partial charge in [-0.1, -0.05) is 0 Å². The number of rotatable bonds is 6. The maximum Gasteiger partial charge on any atom is 0.00794 e. The van der Waals surface area contributed by atoms with Crippen LogP contribution in [0.2, 0.25) is 0 Å². The minimum Gasteiger partial charge on any atom is -0.330 e. The van der Waals surface area contributed by atoms with Gasteiger partial charge in [0.1, 0.15) is 0 Å². The molecule has 74 valence electrons. The van der Waals surface area contributed by atoms with Crippen molar-refractivity contribution >= 4 is 11.3 Å². The van der Waals surface area contributed by atoms with Gasteiger partial charge in [0.05, 0.1) is 0 Å². The van der Waals surface area contributed by atoms with Crippen LogP contribution in [0.5, 0.6) is 0 Å². The third kappa shape index (κ3) is 4.41. The molecule has 0 saturated heterocycles. The van der Waals surface area contributed by atoms with Crippen molar-refractivity contribution in [2.24, 2.45) is 5.73 Å². The lowest BCUT2D eigenvalue weighted by molar-refractivity contribution is 0.537. The van der Waals surface area contributed by atoms with Crippen LogP contribution in [0.4, 0.5) is 0 Å². The first-order valence-electron chi connectivity index (χ1n) is 4.77. The van der Waals surface area contributed by atoms with E-state index < -0.39 is 0 Å². The van der Waals surface area contributed by atoms with E-state index in [1.807, 2.05) is 0 Å². The number of hydrogen-bond donors (Lipinski definition) is 2. The van der Waals surface area contributed by atoms with Crippen LogP contribution in [0.3, 0.4) is 0 Å². The van der Waals surface area contributed by atoms with Gasteiger partial charge in [-0.3, -0.25) is 0 Å². The molecule has 2 nitrogen and oxygen atoms in total. The molecule has 3 N–H and O–H groups in total. The van der Waals surface area contributed by atoms with Crippen molar-refractivity contribution in [1.82, 2.24) is 5.32 Å². The average molecular weight is 198 g/mol. The summed E-state index contributed by atoms with van der Waals surface area (Å²) in [5.41, 5.74) is 6.84. The zero-order chi connectivity index (χ0) is 9.52. The van der Waals surface area contributed by atoms with Crippen LogP contribution >= 0.6 is 11.3 Å². The van der Waals surface area contributed by atoms with Crippen molar-refractivity contribution in [3.05, 3.63) is 22.4 Å². The Labute approximate surface area is 84.2 Å². The second kappa shape index (κ2) is 6.13. The smallest absolute Gasteiger partial charge is 0.00794 e. The van der Waals surface area contributed by atoms with Crippen LogP contribution < -0.4 is 11.1 Å². The van der Waals surface area contributed by atoms with Gasteiger partial charge in [0.15, 0.2) is 0 Å². The first-order valence-corrected chi connectivity index (χ1v) is 5.71. The summed E-state index contributed by atoms with van der Waals surface area (Å²) in [6, 6.07) is 2.74. The van der Waals surface area contributed by atoms with Crippen LogP contribution in [0, 0.1) is 0 Å². The predicted molar refractivity (Wildman–Crippen MR) is 59.2 cm³/mol. The van der Waals surface area contributed by atoms with Gasteiger partial charge in [0.25, 0.3) is 0 Å². The SMILES string of the molecule is CC(Cc1ccsc1)NCCCN. The molecule has 0 aromatic carbocycles. The Morgan fingerprint density at radius 3 is 3.08 bits per heavy atom. The largest absolute Gasteiger partial charge is 0.330 e. The molecule has 0 saturated carbocycles. The van der Waals surface area contributed by atoms with Crippen molar-refractivity contribution in [3.8, 4) is 0 Å². The summed E-state index contributed by atoms with van der Waals surface area (Å²) >= 11 is 1.76. The second-order valence-corrected chi connectivity index (χ2v) is 4.11. The first kappa shape index (κ1) is 10.7. The molecule has 1 unspecified atom stereocenters. The Bertz CT molecular complexity index is 209. The molecule has 0 aliphatic heterocycles. The molecule has 3 heteroatoms. The van der Waals surface area contributed by atoms with E-state index in [4.69, 9.17) is 5.73 Å². The quantitative estimate of drug-likeness (QED) is 0.682. The number of nitrogens with one attached hydrogen (secondary N) is 1. The fourth-order valence-corrected chi connectivity index (χ4v) is 1.97. The van der Waals surface area contributed by atoms with E-state index in [9.17, 15) is 0 Å². The minimum atomic E-state index is 0.557. The van der Waals surface area contributed by atoms with Gasteiger partial charge in [-0.15, -0.1) is 0 Å². The summed E-state index contributed by atoms with van der Waals surface area (Å²) in [6.07, 6.45) is 2.18. The van der Waals surface area contributed by atoms with Crippen molar-refractivity contribution in [1.29, 1.82) is 0 Å². The van der Waals surface area contributed by atoms with Crippen LogP contribution in [0.25, 0.3) is 0 Å². The molecule has 0 bridgehead atoms. The molecule has 0 fully saturated rings. The molecule has 0 radical (unpaired) electrons. The van der Waals surface area contributed by atoms with Gasteiger partial charge >= 0.3 is 0 Å². The molecule has 0 amide bonds. The summed E-state index contributed by atoms with van der Waals surface area (Å²) in [4.78, 5) is 0. The Balaban J connectivity index is 2.14. The number of thiophene rings is 1. The Morgan fingerprint density at radius 2 is 2.46 bits per heavy atom. The number of hydrogen-bond acceptors (Lipinski definition) is 3. The van der Waals surface area contributed by atoms with Crippen molar-refractivity contribution in [2.75, 3.05) is 13.1 Å². The van der Waals surface area contributed by atoms with Crippen molar-refractivity contribution in [2.45, 2.75) is 25.8 Å². The molecule has 1 aromatic heterocycles. The maximum atomic E-state index is 5.41. The highest BCUT2D eigenvalue weighted by atomic mass is 32.1. The summed E-state index contributed by atoms with van der Waals surface area (Å²) in [5.74, 6) is 0. The third-order valence-corrected chi connectivity index (χ3v) is 2.73. The molecule has 0 aliphatic rings. The molecule has 13 heavy (non-hydrogen) atoms. The van der Waals surface area contributed by atoms with E-state index in [0.29, 0.717) is 6.04 Å². The highest BCUT2D eigenvalue weighted by Crippen LogP contribution is 2.08. The normalized spacial score (nSPS) is 13.1. The predicted octanol–water partition coefficient (Wildman–Crippen LogP) is 1.62. The van der Waals surface area contributed by atoms with E-state index in [0.717, 1.165) is 25.9 Å². The van der Waals surface area contributed by atoms with Crippen molar-refractivity contribution < 1.29 is 0 Å². The second-order valence-electron chi connectivity index (χ2n) is 3.33. The Hall–Kier alpha value is -0.380. The molecule has 0 aliphatic carbocycles. The lowest BCUT2D eigenvalue weighted by atomic mass is 10.1. The van der Waals surface area contributed by atoms with Crippen LogP contribution in [0.1, 0.15) is 18.9 Å². The van der Waals surface area contributed by atoms with Gasteiger partial charge in [0, 0.05) is 6.04 Å². The fourth-order valence-electron chi connectivity index (χ4n) is 1.29. The van der Waals surface area contributed by atoms with Gasteiger partial charge in [-0.25, -0.2) is 0 Å². The average Bonchev–Trinajstić information content (AvgIpc) is 2.57. The highest BCUT2D eigenvalue weighted by molar-refractivity contribution is 7.07. The summed E-state index contributed by atoms with van der Waals surface area (Å²) in [7, 11) is 0. The molecule has 1 aromatic rings. The zero-order valence-electron chi connectivity index (χ0n) is 8.12. The standard InChI is InChI=1S/C10H18N2S/c1-9(12-5-2-4-11)7-10-3-6-13-8-10/h3,6,8-9,12H,2,4-5,7,11H2,1H3. The third-order valence-electron chi connectivity index (χ3n) is 2.00. The molecular weight excluding hydrogens is 180 g/mol. The maximum absolute atomic E-state index is 5.41. The van der Waals surface area contributed by atoms with Crippen molar-refractivity contribution in [3.63, 3.8) is 0 Å².